The lowest BCUT2D eigenvalue weighted by atomic mass is 10.1. The van der Waals surface area contributed by atoms with E-state index in [1.54, 1.807) is 0 Å². The molecule has 5 rings (SSSR count). The maximum absolute atomic E-state index is 10.3. The zero-order chi connectivity index (χ0) is 19.8. The predicted molar refractivity (Wildman–Crippen MR) is 121 cm³/mol. The highest BCUT2D eigenvalue weighted by molar-refractivity contribution is 7.99. The molecule has 150 valence electrons. The summed E-state index contributed by atoms with van der Waals surface area (Å²) in [5.74, 6) is 2.03. The van der Waals surface area contributed by atoms with E-state index in [4.69, 9.17) is 4.98 Å². The Labute approximate surface area is 175 Å². The van der Waals surface area contributed by atoms with Gasteiger partial charge in [0.2, 0.25) is 0 Å². The second-order valence-electron chi connectivity index (χ2n) is 7.90. The van der Waals surface area contributed by atoms with Gasteiger partial charge in [0.05, 0.1) is 17.7 Å². The van der Waals surface area contributed by atoms with E-state index in [2.05, 4.69) is 71.0 Å². The molecule has 2 atom stereocenters. The van der Waals surface area contributed by atoms with Crippen molar-refractivity contribution in [3.05, 3.63) is 59.7 Å². The molecule has 29 heavy (non-hydrogen) atoms. The average Bonchev–Trinajstić information content (AvgIpc) is 3.00. The van der Waals surface area contributed by atoms with Crippen molar-refractivity contribution in [2.75, 3.05) is 35.6 Å². The van der Waals surface area contributed by atoms with Gasteiger partial charge in [0.1, 0.15) is 5.82 Å². The van der Waals surface area contributed by atoms with Gasteiger partial charge in [-0.15, -0.1) is 11.8 Å². The molecule has 0 aliphatic carbocycles. The molecule has 2 aliphatic heterocycles. The molecule has 0 bridgehead atoms. The number of pyridine rings is 1. The van der Waals surface area contributed by atoms with Gasteiger partial charge in [-0.3, -0.25) is 0 Å². The third-order valence-electron chi connectivity index (χ3n) is 5.75. The predicted octanol–water partition coefficient (Wildman–Crippen LogP) is 3.40. The summed E-state index contributed by atoms with van der Waals surface area (Å²) in [5, 5.41) is 18.2. The van der Waals surface area contributed by atoms with Crippen LogP contribution in [-0.2, 0) is 6.54 Å². The molecule has 5 nitrogen and oxygen atoms in total. The number of rotatable bonds is 3. The first kappa shape index (κ1) is 18.7. The van der Waals surface area contributed by atoms with Crippen molar-refractivity contribution in [3.63, 3.8) is 0 Å². The number of β-amino-alcohol motifs (C(OH)–C–C–N with tert-alkyl or cyclic N) is 1. The number of nitrogens with zero attached hydrogens (tertiary/aromatic N) is 2. The van der Waals surface area contributed by atoms with Gasteiger partial charge in [-0.1, -0.05) is 29.8 Å². The second kappa shape index (κ2) is 7.86. The first-order valence-electron chi connectivity index (χ1n) is 10.2. The Morgan fingerprint density at radius 1 is 1.17 bits per heavy atom. The molecule has 0 spiro atoms. The summed E-state index contributed by atoms with van der Waals surface area (Å²) in [4.78, 5) is 8.74. The molecule has 1 aromatic heterocycles. The number of nitrogens with one attached hydrogen (secondary N) is 2. The summed E-state index contributed by atoms with van der Waals surface area (Å²) in [6.45, 7) is 5.32. The lowest BCUT2D eigenvalue weighted by Crippen LogP contribution is -2.32. The van der Waals surface area contributed by atoms with Crippen molar-refractivity contribution in [1.29, 1.82) is 0 Å². The Balaban J connectivity index is 1.55. The third kappa shape index (κ3) is 3.80. The van der Waals surface area contributed by atoms with E-state index in [0.29, 0.717) is 6.54 Å². The van der Waals surface area contributed by atoms with Crippen LogP contribution < -0.4 is 15.5 Å². The van der Waals surface area contributed by atoms with Crippen molar-refractivity contribution in [1.82, 2.24) is 10.3 Å². The molecule has 3 N–H and O–H groups in total. The molecular formula is C23H26N4OS. The van der Waals surface area contributed by atoms with Gasteiger partial charge in [0, 0.05) is 54.0 Å². The Kier molecular flexibility index (Phi) is 5.08. The topological polar surface area (TPSA) is 60.4 Å². The van der Waals surface area contributed by atoms with Gasteiger partial charge in [0.25, 0.3) is 0 Å². The lowest BCUT2D eigenvalue weighted by Gasteiger charge is -2.25. The fourth-order valence-corrected chi connectivity index (χ4v) is 5.16. The van der Waals surface area contributed by atoms with Crippen LogP contribution in [0.3, 0.4) is 0 Å². The minimum absolute atomic E-state index is 0.00868. The van der Waals surface area contributed by atoms with Gasteiger partial charge >= 0.3 is 0 Å². The maximum atomic E-state index is 10.3. The normalized spacial score (nSPS) is 21.8. The number of aryl methyl sites for hydroxylation is 1. The van der Waals surface area contributed by atoms with Crippen LogP contribution in [0.2, 0.25) is 0 Å². The van der Waals surface area contributed by atoms with Gasteiger partial charge in [-0.2, -0.15) is 0 Å². The lowest BCUT2D eigenvalue weighted by molar-refractivity contribution is 0.185. The fourth-order valence-electron chi connectivity index (χ4n) is 4.14. The Bertz CT molecular complexity index is 1040. The van der Waals surface area contributed by atoms with E-state index in [0.717, 1.165) is 47.8 Å². The maximum Gasteiger partial charge on any atom is 0.131 e. The largest absolute Gasteiger partial charge is 0.390 e. The van der Waals surface area contributed by atoms with Crippen molar-refractivity contribution in [2.24, 2.45) is 0 Å². The summed E-state index contributed by atoms with van der Waals surface area (Å²) in [6.07, 6.45) is -0.382. The molecule has 2 aliphatic rings. The Hall–Kier alpha value is -2.28. The van der Waals surface area contributed by atoms with Gasteiger partial charge in [-0.25, -0.2) is 4.98 Å². The number of aliphatic hydroxyl groups is 1. The van der Waals surface area contributed by atoms with Crippen molar-refractivity contribution >= 4 is 34.2 Å². The fraction of sp³-hybridized carbons (Fsp3) is 0.348. The zero-order valence-electron chi connectivity index (χ0n) is 16.6. The number of benzene rings is 2. The summed E-state index contributed by atoms with van der Waals surface area (Å²) in [6, 6.07) is 17.2. The summed E-state index contributed by atoms with van der Waals surface area (Å²) < 4.78 is 0. The first-order chi connectivity index (χ1) is 14.2. The first-order valence-corrected chi connectivity index (χ1v) is 11.2. The van der Waals surface area contributed by atoms with Crippen molar-refractivity contribution in [2.45, 2.75) is 30.5 Å². The number of hydrogen-bond donors (Lipinski definition) is 3. The highest BCUT2D eigenvalue weighted by Gasteiger charge is 2.26. The van der Waals surface area contributed by atoms with Crippen LogP contribution in [0.1, 0.15) is 11.1 Å². The molecular weight excluding hydrogens is 380 g/mol. The van der Waals surface area contributed by atoms with E-state index in [-0.39, 0.29) is 12.1 Å². The van der Waals surface area contributed by atoms with Crippen molar-refractivity contribution in [3.8, 4) is 0 Å². The zero-order valence-corrected chi connectivity index (χ0v) is 17.4. The van der Waals surface area contributed by atoms with Gasteiger partial charge < -0.3 is 20.6 Å². The number of aromatic nitrogens is 1. The van der Waals surface area contributed by atoms with E-state index in [1.165, 1.54) is 16.0 Å². The van der Waals surface area contributed by atoms with E-state index < -0.39 is 0 Å². The molecule has 0 radical (unpaired) electrons. The standard InChI is InChI=1S/C23H26N4OS/c1-15-6-7-18-17(10-15)19(25-20-12-24-13-21(20)28)11-23(26-18)27-8-9-29-22-5-3-2-4-16(22)14-27/h2-7,10-11,20-21,24,28H,8-9,12-14H2,1H3,(H,25,26). The van der Waals surface area contributed by atoms with Crippen LogP contribution in [-0.4, -0.2) is 47.6 Å². The minimum atomic E-state index is -0.382. The number of thioether (sulfide) groups is 1. The molecule has 0 amide bonds. The molecule has 0 saturated carbocycles. The smallest absolute Gasteiger partial charge is 0.131 e. The third-order valence-corrected chi connectivity index (χ3v) is 6.85. The van der Waals surface area contributed by atoms with Crippen LogP contribution in [0.5, 0.6) is 0 Å². The molecule has 1 saturated heterocycles. The average molecular weight is 407 g/mol. The quantitative estimate of drug-likeness (QED) is 0.620. The summed E-state index contributed by atoms with van der Waals surface area (Å²) in [7, 11) is 0. The number of aliphatic hydroxyl groups excluding tert-OH is 1. The molecule has 3 heterocycles. The molecule has 6 heteroatoms. The van der Waals surface area contributed by atoms with Crippen LogP contribution >= 0.6 is 11.8 Å². The van der Waals surface area contributed by atoms with Gasteiger partial charge in [-0.05, 0) is 30.7 Å². The number of fused-ring (bicyclic) bond motifs is 2. The van der Waals surface area contributed by atoms with Crippen molar-refractivity contribution < 1.29 is 5.11 Å². The Morgan fingerprint density at radius 3 is 2.93 bits per heavy atom. The van der Waals surface area contributed by atoms with Gasteiger partial charge in [0.15, 0.2) is 0 Å². The monoisotopic (exact) mass is 406 g/mol. The van der Waals surface area contributed by atoms with Crippen LogP contribution in [0.25, 0.3) is 10.9 Å². The Morgan fingerprint density at radius 2 is 2.07 bits per heavy atom. The molecule has 2 unspecified atom stereocenters. The van der Waals surface area contributed by atoms with Crippen LogP contribution in [0.15, 0.2) is 53.4 Å². The molecule has 3 aromatic rings. The minimum Gasteiger partial charge on any atom is -0.390 e. The van der Waals surface area contributed by atoms with E-state index in [1.807, 2.05) is 11.8 Å². The molecule has 1 fully saturated rings. The summed E-state index contributed by atoms with van der Waals surface area (Å²) in [5.41, 5.74) is 4.60. The number of anilines is 2. The van der Waals surface area contributed by atoms with Crippen LogP contribution in [0, 0.1) is 6.92 Å². The van der Waals surface area contributed by atoms with E-state index >= 15 is 0 Å². The second-order valence-corrected chi connectivity index (χ2v) is 9.04. The highest BCUT2D eigenvalue weighted by atomic mass is 32.2. The number of hydrogen-bond acceptors (Lipinski definition) is 6. The van der Waals surface area contributed by atoms with Crippen LogP contribution in [0.4, 0.5) is 11.5 Å². The highest BCUT2D eigenvalue weighted by Crippen LogP contribution is 2.33. The van der Waals surface area contributed by atoms with E-state index in [9.17, 15) is 5.11 Å². The SMILES string of the molecule is Cc1ccc2nc(N3CCSc4ccccc4C3)cc(NC3CNCC3O)c2c1. The molecule has 2 aromatic carbocycles. The summed E-state index contributed by atoms with van der Waals surface area (Å²) >= 11 is 1.92.